The smallest absolute Gasteiger partial charge is 0.387 e. The van der Waals surface area contributed by atoms with Crippen molar-refractivity contribution in [3.8, 4) is 5.75 Å². The number of anilines is 2. The fraction of sp³-hybridized carbons (Fsp3) is 0.455. The molecule has 0 radical (unpaired) electrons. The normalized spacial score (nSPS) is 14.2. The third kappa shape index (κ3) is 4.62. The first-order valence-electron chi connectivity index (χ1n) is 5.41. The van der Waals surface area contributed by atoms with Gasteiger partial charge in [-0.15, -0.1) is 0 Å². The number of hydrogen-bond donors (Lipinski definition) is 2. The molecule has 0 fully saturated rings. The highest BCUT2D eigenvalue weighted by molar-refractivity contribution is 7.84. The first-order chi connectivity index (χ1) is 8.81. The molecule has 0 aliphatic rings. The average Bonchev–Trinajstić information content (AvgIpc) is 2.30. The molecule has 1 rings (SSSR count). The van der Waals surface area contributed by atoms with Crippen LogP contribution in [0.4, 0.5) is 24.5 Å². The summed E-state index contributed by atoms with van der Waals surface area (Å²) in [7, 11) is -1.04. The molecule has 3 N–H and O–H groups in total. The molecule has 0 saturated heterocycles. The van der Waals surface area contributed by atoms with E-state index in [0.29, 0.717) is 6.54 Å². The van der Waals surface area contributed by atoms with Crippen LogP contribution in [0.3, 0.4) is 0 Å². The van der Waals surface area contributed by atoms with Crippen molar-refractivity contribution >= 4 is 22.2 Å². The molecule has 0 aliphatic heterocycles. The summed E-state index contributed by atoms with van der Waals surface area (Å²) in [5.41, 5.74) is 5.88. The Morgan fingerprint density at radius 3 is 2.63 bits per heavy atom. The molecule has 108 valence electrons. The van der Waals surface area contributed by atoms with Gasteiger partial charge in [-0.1, -0.05) is 0 Å². The Balaban J connectivity index is 2.85. The van der Waals surface area contributed by atoms with Crippen LogP contribution < -0.4 is 15.8 Å². The van der Waals surface area contributed by atoms with Crippen molar-refractivity contribution < 1.29 is 22.1 Å². The minimum Gasteiger partial charge on any atom is -0.432 e. The maximum absolute atomic E-state index is 13.3. The Hall–Kier alpha value is -1.44. The summed E-state index contributed by atoms with van der Waals surface area (Å²) in [5, 5.41) is 2.66. The third-order valence-corrected chi connectivity index (χ3v) is 3.77. The molecule has 0 aliphatic carbocycles. The van der Waals surface area contributed by atoms with Gasteiger partial charge in [-0.05, 0) is 6.92 Å². The summed E-state index contributed by atoms with van der Waals surface area (Å²) < 4.78 is 52.7. The fourth-order valence-electron chi connectivity index (χ4n) is 1.28. The number of nitrogens with two attached hydrogens (primary N) is 1. The second-order valence-corrected chi connectivity index (χ2v) is 5.74. The zero-order valence-corrected chi connectivity index (χ0v) is 11.3. The predicted octanol–water partition coefficient (Wildman–Crippen LogP) is 2.19. The number of nitrogen functional groups attached to an aromatic ring is 1. The van der Waals surface area contributed by atoms with Crippen LogP contribution in [0.1, 0.15) is 6.92 Å². The lowest BCUT2D eigenvalue weighted by Crippen LogP contribution is -2.21. The van der Waals surface area contributed by atoms with E-state index >= 15 is 0 Å². The molecule has 19 heavy (non-hydrogen) atoms. The third-order valence-electron chi connectivity index (χ3n) is 2.47. The van der Waals surface area contributed by atoms with Gasteiger partial charge in [-0.25, -0.2) is 4.39 Å². The Labute approximate surface area is 111 Å². The van der Waals surface area contributed by atoms with Crippen molar-refractivity contribution in [2.45, 2.75) is 18.8 Å². The summed E-state index contributed by atoms with van der Waals surface area (Å²) >= 11 is 0. The largest absolute Gasteiger partial charge is 0.432 e. The highest BCUT2D eigenvalue weighted by Gasteiger charge is 2.14. The summed E-state index contributed by atoms with van der Waals surface area (Å²) in [4.78, 5) is 0. The number of nitrogens with one attached hydrogen (secondary N) is 1. The second-order valence-electron chi connectivity index (χ2n) is 3.94. The average molecular weight is 296 g/mol. The van der Waals surface area contributed by atoms with Gasteiger partial charge in [0.15, 0.2) is 11.6 Å². The predicted molar refractivity (Wildman–Crippen MR) is 69.5 cm³/mol. The Morgan fingerprint density at radius 2 is 2.11 bits per heavy atom. The molecule has 0 bridgehead atoms. The van der Waals surface area contributed by atoms with Gasteiger partial charge in [0, 0.05) is 41.0 Å². The first kappa shape index (κ1) is 15.6. The first-order valence-corrected chi connectivity index (χ1v) is 7.03. The maximum atomic E-state index is 13.3. The number of benzene rings is 1. The van der Waals surface area contributed by atoms with Gasteiger partial charge < -0.3 is 15.8 Å². The Morgan fingerprint density at radius 1 is 1.47 bits per heavy atom. The Kier molecular flexibility index (Phi) is 5.46. The monoisotopic (exact) mass is 296 g/mol. The van der Waals surface area contributed by atoms with Crippen molar-refractivity contribution in [1.29, 1.82) is 0 Å². The molecule has 2 unspecified atom stereocenters. The minimum atomic E-state index is -3.12. The lowest BCUT2D eigenvalue weighted by Gasteiger charge is -2.15. The van der Waals surface area contributed by atoms with E-state index in [1.54, 1.807) is 13.2 Å². The van der Waals surface area contributed by atoms with Gasteiger partial charge in [0.1, 0.15) is 0 Å². The molecule has 0 heterocycles. The quantitative estimate of drug-likeness (QED) is 0.790. The SMILES string of the molecule is CC(CNc1cc(OC(F)F)c(F)cc1N)S(C)=O. The zero-order chi connectivity index (χ0) is 14.6. The molecular weight excluding hydrogens is 281 g/mol. The lowest BCUT2D eigenvalue weighted by molar-refractivity contribution is -0.0521. The van der Waals surface area contributed by atoms with E-state index in [2.05, 4.69) is 10.1 Å². The van der Waals surface area contributed by atoms with Crippen LogP contribution in [0.2, 0.25) is 0 Å². The molecule has 8 heteroatoms. The maximum Gasteiger partial charge on any atom is 0.387 e. The van der Waals surface area contributed by atoms with Crippen molar-refractivity contribution in [1.82, 2.24) is 0 Å². The molecule has 0 amide bonds. The molecule has 2 atom stereocenters. The summed E-state index contributed by atoms with van der Waals surface area (Å²) in [6.07, 6.45) is 1.55. The van der Waals surface area contributed by atoms with Crippen LogP contribution in [0.25, 0.3) is 0 Å². The van der Waals surface area contributed by atoms with Crippen LogP contribution in [0.15, 0.2) is 12.1 Å². The Bertz CT molecular complexity index is 471. The standard InChI is InChI=1S/C11H15F3N2O2S/c1-6(19(2)17)5-16-9-4-10(18-11(13)14)7(12)3-8(9)15/h3-4,6,11,16H,5,15H2,1-2H3. The van der Waals surface area contributed by atoms with E-state index in [0.717, 1.165) is 12.1 Å². The van der Waals surface area contributed by atoms with E-state index in [1.165, 1.54) is 0 Å². The molecular formula is C11H15F3N2O2S. The van der Waals surface area contributed by atoms with Crippen LogP contribution in [0, 0.1) is 5.82 Å². The minimum absolute atomic E-state index is 0.0631. The topological polar surface area (TPSA) is 64.3 Å². The molecule has 1 aromatic carbocycles. The van der Waals surface area contributed by atoms with Gasteiger partial charge in [0.2, 0.25) is 0 Å². The van der Waals surface area contributed by atoms with Gasteiger partial charge in [-0.2, -0.15) is 8.78 Å². The molecule has 0 saturated carbocycles. The number of ether oxygens (including phenoxy) is 1. The van der Waals surface area contributed by atoms with Crippen LogP contribution in [-0.4, -0.2) is 28.9 Å². The number of alkyl halides is 2. The van der Waals surface area contributed by atoms with Crippen molar-refractivity contribution in [3.05, 3.63) is 17.9 Å². The van der Waals surface area contributed by atoms with Crippen LogP contribution >= 0.6 is 0 Å². The lowest BCUT2D eigenvalue weighted by atomic mass is 10.2. The summed E-state index contributed by atoms with van der Waals surface area (Å²) in [5.74, 6) is -1.55. The van der Waals surface area contributed by atoms with E-state index in [4.69, 9.17) is 5.73 Å². The van der Waals surface area contributed by atoms with Gasteiger partial charge in [0.25, 0.3) is 0 Å². The van der Waals surface area contributed by atoms with E-state index in [-0.39, 0.29) is 16.6 Å². The van der Waals surface area contributed by atoms with Crippen LogP contribution in [-0.2, 0) is 10.8 Å². The number of rotatable bonds is 6. The number of halogens is 3. The highest BCUT2D eigenvalue weighted by Crippen LogP contribution is 2.29. The van der Waals surface area contributed by atoms with Crippen molar-refractivity contribution in [2.75, 3.05) is 23.9 Å². The van der Waals surface area contributed by atoms with E-state index < -0.39 is 29.0 Å². The van der Waals surface area contributed by atoms with Crippen molar-refractivity contribution in [3.63, 3.8) is 0 Å². The zero-order valence-electron chi connectivity index (χ0n) is 10.5. The molecule has 0 aromatic heterocycles. The summed E-state index contributed by atoms with van der Waals surface area (Å²) in [6, 6.07) is 1.95. The fourth-order valence-corrected chi connectivity index (χ4v) is 1.60. The van der Waals surface area contributed by atoms with Gasteiger partial charge in [-0.3, -0.25) is 4.21 Å². The summed E-state index contributed by atoms with van der Waals surface area (Å²) in [6.45, 7) is -1.06. The highest BCUT2D eigenvalue weighted by atomic mass is 32.2. The van der Waals surface area contributed by atoms with Crippen molar-refractivity contribution in [2.24, 2.45) is 0 Å². The van der Waals surface area contributed by atoms with Gasteiger partial charge >= 0.3 is 6.61 Å². The van der Waals surface area contributed by atoms with E-state index in [1.807, 2.05) is 0 Å². The second kappa shape index (κ2) is 6.65. The van der Waals surface area contributed by atoms with Crippen LogP contribution in [0.5, 0.6) is 5.75 Å². The van der Waals surface area contributed by atoms with E-state index in [9.17, 15) is 17.4 Å². The number of hydrogen-bond acceptors (Lipinski definition) is 4. The molecule has 4 nitrogen and oxygen atoms in total. The molecule has 1 aromatic rings. The molecule has 0 spiro atoms. The van der Waals surface area contributed by atoms with Gasteiger partial charge in [0.05, 0.1) is 11.4 Å².